The number of hydrogen-bond donors (Lipinski definition) is 1. The van der Waals surface area contributed by atoms with Gasteiger partial charge in [0.1, 0.15) is 0 Å². The van der Waals surface area contributed by atoms with Gasteiger partial charge in [-0.15, -0.1) is 0 Å². The first-order chi connectivity index (χ1) is 13.5. The lowest BCUT2D eigenvalue weighted by Gasteiger charge is -2.15. The monoisotopic (exact) mass is 404 g/mol. The molecule has 0 spiro atoms. The van der Waals surface area contributed by atoms with Crippen molar-refractivity contribution in [1.29, 1.82) is 0 Å². The summed E-state index contributed by atoms with van der Waals surface area (Å²) in [6.07, 6.45) is 13.0. The predicted molar refractivity (Wildman–Crippen MR) is 119 cm³/mol. The molecule has 0 unspecified atom stereocenters. The normalized spacial score (nSPS) is 12.0. The molecule has 0 aliphatic rings. The Balaban J connectivity index is 2.32. The van der Waals surface area contributed by atoms with Crippen molar-refractivity contribution >= 4 is 20.9 Å². The predicted octanol–water partition coefficient (Wildman–Crippen LogP) is 7.11. The topological polar surface area (TPSA) is 54.4 Å². The number of unbranched alkanes of at least 4 members (excludes halogenated alkanes) is 8. The summed E-state index contributed by atoms with van der Waals surface area (Å²) in [6.45, 7) is 4.39. The molecule has 0 bridgehead atoms. The van der Waals surface area contributed by atoms with Gasteiger partial charge in [0.15, 0.2) is 0 Å². The molecular weight excluding hydrogens is 368 g/mol. The summed E-state index contributed by atoms with van der Waals surface area (Å²) in [5, 5.41) is 2.12. The molecule has 0 radical (unpaired) electrons. The summed E-state index contributed by atoms with van der Waals surface area (Å²) in [6, 6.07) is 9.80. The van der Waals surface area contributed by atoms with Crippen molar-refractivity contribution in [1.82, 2.24) is 0 Å². The SMILES string of the molecule is CCCCCCCc1cc(S(=O)(=O)O)c(CCCCCCC)c2ccccc12. The molecule has 2 aromatic carbocycles. The van der Waals surface area contributed by atoms with E-state index in [9.17, 15) is 13.0 Å². The minimum absolute atomic E-state index is 0.116. The summed E-state index contributed by atoms with van der Waals surface area (Å²) in [5.41, 5.74) is 1.82. The van der Waals surface area contributed by atoms with Crippen molar-refractivity contribution in [2.75, 3.05) is 0 Å². The maximum atomic E-state index is 12.2. The second kappa shape index (κ2) is 11.6. The molecule has 3 nitrogen and oxygen atoms in total. The molecule has 0 fully saturated rings. The van der Waals surface area contributed by atoms with Gasteiger partial charge in [0.25, 0.3) is 10.1 Å². The Hall–Kier alpha value is -1.39. The first-order valence-electron chi connectivity index (χ1n) is 11.0. The van der Waals surface area contributed by atoms with Crippen LogP contribution in [0, 0.1) is 0 Å². The van der Waals surface area contributed by atoms with Gasteiger partial charge in [-0.25, -0.2) is 0 Å². The van der Waals surface area contributed by atoms with Crippen LogP contribution in [-0.4, -0.2) is 13.0 Å². The average Bonchev–Trinajstić information content (AvgIpc) is 2.67. The Labute approximate surface area is 171 Å². The van der Waals surface area contributed by atoms with Crippen molar-refractivity contribution in [3.05, 3.63) is 41.5 Å². The largest absolute Gasteiger partial charge is 0.294 e. The standard InChI is InChI=1S/C24H36O3S/c1-3-5-7-9-11-15-20-19-24(28(25,26)27)23(18-12-10-8-6-4-2)22-17-14-13-16-21(20)22/h13-14,16-17,19H,3-12,15,18H2,1-2H3,(H,25,26,27). The van der Waals surface area contributed by atoms with Gasteiger partial charge >= 0.3 is 0 Å². The van der Waals surface area contributed by atoms with Crippen LogP contribution in [0.4, 0.5) is 0 Å². The van der Waals surface area contributed by atoms with Crippen LogP contribution in [0.15, 0.2) is 35.2 Å². The molecule has 156 valence electrons. The van der Waals surface area contributed by atoms with E-state index in [0.717, 1.165) is 54.0 Å². The average molecular weight is 405 g/mol. The Morgan fingerprint density at radius 2 is 1.29 bits per heavy atom. The minimum atomic E-state index is -4.23. The van der Waals surface area contributed by atoms with Crippen LogP contribution < -0.4 is 0 Å². The molecular formula is C24H36O3S. The number of hydrogen-bond acceptors (Lipinski definition) is 2. The third-order valence-electron chi connectivity index (χ3n) is 5.56. The highest BCUT2D eigenvalue weighted by atomic mass is 32.2. The fraction of sp³-hybridized carbons (Fsp3) is 0.583. The Bertz CT molecular complexity index is 840. The smallest absolute Gasteiger partial charge is 0.282 e. The lowest BCUT2D eigenvalue weighted by molar-refractivity contribution is 0.481. The highest BCUT2D eigenvalue weighted by molar-refractivity contribution is 7.85. The second-order valence-corrected chi connectivity index (χ2v) is 9.25. The molecule has 0 heterocycles. The van der Waals surface area contributed by atoms with E-state index in [-0.39, 0.29) is 4.90 Å². The zero-order valence-electron chi connectivity index (χ0n) is 17.5. The van der Waals surface area contributed by atoms with E-state index in [1.54, 1.807) is 6.07 Å². The van der Waals surface area contributed by atoms with Gasteiger partial charge in [-0.2, -0.15) is 8.42 Å². The number of aryl methyl sites for hydroxylation is 2. The molecule has 2 rings (SSSR count). The molecule has 4 heteroatoms. The summed E-state index contributed by atoms with van der Waals surface area (Å²) in [5.74, 6) is 0. The molecule has 0 amide bonds. The molecule has 0 aliphatic heterocycles. The Morgan fingerprint density at radius 1 is 0.750 bits per heavy atom. The van der Waals surface area contributed by atoms with Crippen LogP contribution in [0.1, 0.15) is 89.2 Å². The van der Waals surface area contributed by atoms with Crippen LogP contribution in [0.5, 0.6) is 0 Å². The van der Waals surface area contributed by atoms with Crippen molar-refractivity contribution in [3.63, 3.8) is 0 Å². The lowest BCUT2D eigenvalue weighted by atomic mass is 9.93. The summed E-state index contributed by atoms with van der Waals surface area (Å²) < 4.78 is 34.2. The van der Waals surface area contributed by atoms with Crippen LogP contribution in [-0.2, 0) is 23.0 Å². The fourth-order valence-corrected chi connectivity index (χ4v) is 4.82. The number of fused-ring (bicyclic) bond motifs is 1. The van der Waals surface area contributed by atoms with E-state index in [4.69, 9.17) is 0 Å². The number of rotatable bonds is 13. The van der Waals surface area contributed by atoms with Crippen molar-refractivity contribution in [2.24, 2.45) is 0 Å². The third-order valence-corrected chi connectivity index (χ3v) is 6.48. The van der Waals surface area contributed by atoms with Crippen LogP contribution in [0.25, 0.3) is 10.8 Å². The van der Waals surface area contributed by atoms with E-state index >= 15 is 0 Å². The van der Waals surface area contributed by atoms with Crippen LogP contribution >= 0.6 is 0 Å². The summed E-state index contributed by atoms with van der Waals surface area (Å²) >= 11 is 0. The maximum Gasteiger partial charge on any atom is 0.294 e. The van der Waals surface area contributed by atoms with E-state index in [1.165, 1.54) is 38.5 Å². The van der Waals surface area contributed by atoms with E-state index < -0.39 is 10.1 Å². The van der Waals surface area contributed by atoms with Crippen molar-refractivity contribution in [2.45, 2.75) is 95.8 Å². The third kappa shape index (κ3) is 6.59. The van der Waals surface area contributed by atoms with Gasteiger partial charge in [0.2, 0.25) is 0 Å². The van der Waals surface area contributed by atoms with Gasteiger partial charge in [0.05, 0.1) is 4.90 Å². The second-order valence-electron chi connectivity index (χ2n) is 7.86. The van der Waals surface area contributed by atoms with Gasteiger partial charge in [0, 0.05) is 0 Å². The molecule has 0 atom stereocenters. The lowest BCUT2D eigenvalue weighted by Crippen LogP contribution is -2.06. The van der Waals surface area contributed by atoms with Crippen LogP contribution in [0.2, 0.25) is 0 Å². The van der Waals surface area contributed by atoms with Gasteiger partial charge in [-0.3, -0.25) is 4.55 Å². The fourth-order valence-electron chi connectivity index (χ4n) is 4.00. The summed E-state index contributed by atoms with van der Waals surface area (Å²) in [7, 11) is -4.23. The number of benzene rings is 2. The molecule has 0 aliphatic carbocycles. The molecule has 28 heavy (non-hydrogen) atoms. The van der Waals surface area contributed by atoms with Gasteiger partial charge < -0.3 is 0 Å². The quantitative estimate of drug-likeness (QED) is 0.286. The highest BCUT2D eigenvalue weighted by Gasteiger charge is 2.20. The van der Waals surface area contributed by atoms with E-state index in [1.807, 2.05) is 18.2 Å². The van der Waals surface area contributed by atoms with E-state index in [0.29, 0.717) is 6.42 Å². The zero-order chi connectivity index (χ0) is 20.4. The van der Waals surface area contributed by atoms with Crippen molar-refractivity contribution in [3.8, 4) is 0 Å². The first-order valence-corrected chi connectivity index (χ1v) is 12.4. The molecule has 0 aromatic heterocycles. The van der Waals surface area contributed by atoms with Gasteiger partial charge in [-0.1, -0.05) is 89.5 Å². The molecule has 0 saturated carbocycles. The molecule has 1 N–H and O–H groups in total. The van der Waals surface area contributed by atoms with Gasteiger partial charge in [-0.05, 0) is 53.6 Å². The van der Waals surface area contributed by atoms with Crippen LogP contribution in [0.3, 0.4) is 0 Å². The first kappa shape index (κ1) is 22.9. The maximum absolute atomic E-state index is 12.2. The highest BCUT2D eigenvalue weighted by Crippen LogP contribution is 2.31. The van der Waals surface area contributed by atoms with E-state index in [2.05, 4.69) is 19.9 Å². The Kier molecular flexibility index (Phi) is 9.46. The summed E-state index contributed by atoms with van der Waals surface area (Å²) in [4.78, 5) is 0.116. The zero-order valence-corrected chi connectivity index (χ0v) is 18.4. The molecule has 2 aromatic rings. The Morgan fingerprint density at radius 3 is 1.86 bits per heavy atom. The molecule has 0 saturated heterocycles. The minimum Gasteiger partial charge on any atom is -0.282 e. The van der Waals surface area contributed by atoms with Crippen molar-refractivity contribution < 1.29 is 13.0 Å².